The first-order chi connectivity index (χ1) is 13.6. The summed E-state index contributed by atoms with van der Waals surface area (Å²) < 4.78 is 1.70. The Bertz CT molecular complexity index is 892. The fourth-order valence-electron chi connectivity index (χ4n) is 3.05. The molecule has 0 amide bonds. The predicted molar refractivity (Wildman–Crippen MR) is 114 cm³/mol. The van der Waals surface area contributed by atoms with Crippen LogP contribution in [0.15, 0.2) is 58.6 Å². The molecular formula is C21H28N6O. The summed E-state index contributed by atoms with van der Waals surface area (Å²) in [7, 11) is 0. The van der Waals surface area contributed by atoms with Crippen molar-refractivity contribution >= 4 is 11.4 Å². The Labute approximate surface area is 165 Å². The molecule has 2 aromatic rings. The molecule has 1 aromatic carbocycles. The van der Waals surface area contributed by atoms with Crippen molar-refractivity contribution in [2.75, 3.05) is 37.6 Å². The second-order valence-electron chi connectivity index (χ2n) is 7.21. The van der Waals surface area contributed by atoms with Crippen molar-refractivity contribution in [3.63, 3.8) is 0 Å². The summed E-state index contributed by atoms with van der Waals surface area (Å²) in [5, 5.41) is 7.88. The van der Waals surface area contributed by atoms with Crippen LogP contribution < -0.4 is 21.4 Å². The highest BCUT2D eigenvalue weighted by atomic mass is 16.1. The Morgan fingerprint density at radius 3 is 2.54 bits per heavy atom. The van der Waals surface area contributed by atoms with E-state index in [1.807, 2.05) is 12.1 Å². The standard InChI is InChI=1S/C21H28N6O/c1-16(2)15-24-19(7-9-22)21-20(28)8-12-27(25-21)18-5-3-17(4-6-18)26-13-10-23-11-14-26/h3-9,12,16,23H,10-11,13-15,22H2,1-2H3. The van der Waals surface area contributed by atoms with Gasteiger partial charge in [0.1, 0.15) is 0 Å². The maximum Gasteiger partial charge on any atom is 0.209 e. The van der Waals surface area contributed by atoms with Gasteiger partial charge < -0.3 is 16.0 Å². The number of nitrogens with two attached hydrogens (primary N) is 1. The number of anilines is 1. The van der Waals surface area contributed by atoms with Crippen LogP contribution in [-0.4, -0.2) is 48.2 Å². The lowest BCUT2D eigenvalue weighted by Crippen LogP contribution is -2.43. The number of hydrogen-bond donors (Lipinski definition) is 2. The van der Waals surface area contributed by atoms with Crippen LogP contribution in [0, 0.1) is 5.92 Å². The van der Waals surface area contributed by atoms with Gasteiger partial charge in [-0.1, -0.05) is 13.8 Å². The largest absolute Gasteiger partial charge is 0.405 e. The summed E-state index contributed by atoms with van der Waals surface area (Å²) in [6, 6.07) is 9.73. The lowest BCUT2D eigenvalue weighted by Gasteiger charge is -2.29. The van der Waals surface area contributed by atoms with Gasteiger partial charge in [-0.05, 0) is 42.5 Å². The molecule has 1 aromatic heterocycles. The van der Waals surface area contributed by atoms with E-state index in [9.17, 15) is 4.79 Å². The number of aromatic nitrogens is 2. The number of rotatable bonds is 6. The fourth-order valence-corrected chi connectivity index (χ4v) is 3.05. The van der Waals surface area contributed by atoms with Crippen molar-refractivity contribution in [2.24, 2.45) is 16.6 Å². The van der Waals surface area contributed by atoms with Crippen LogP contribution in [0.1, 0.15) is 19.5 Å². The molecule has 7 nitrogen and oxygen atoms in total. The minimum absolute atomic E-state index is 0.172. The van der Waals surface area contributed by atoms with Crippen molar-refractivity contribution in [1.29, 1.82) is 0 Å². The van der Waals surface area contributed by atoms with Gasteiger partial charge >= 0.3 is 0 Å². The Balaban J connectivity index is 1.89. The Kier molecular flexibility index (Phi) is 6.60. The van der Waals surface area contributed by atoms with E-state index in [1.165, 1.54) is 18.0 Å². The molecule has 1 saturated heterocycles. The summed E-state index contributed by atoms with van der Waals surface area (Å²) in [6.45, 7) is 8.75. The molecule has 0 aliphatic carbocycles. The van der Waals surface area contributed by atoms with E-state index in [4.69, 9.17) is 5.73 Å². The third-order valence-electron chi connectivity index (χ3n) is 4.53. The molecule has 0 radical (unpaired) electrons. The number of hydrogen-bond acceptors (Lipinski definition) is 6. The molecule has 1 aliphatic heterocycles. The molecule has 148 valence electrons. The number of aliphatic imine (C=N–C) groups is 1. The van der Waals surface area contributed by atoms with Crippen LogP contribution in [0.5, 0.6) is 0 Å². The molecule has 1 fully saturated rings. The lowest BCUT2D eigenvalue weighted by molar-refractivity contribution is 0.589. The first-order valence-corrected chi connectivity index (χ1v) is 9.67. The summed E-state index contributed by atoms with van der Waals surface area (Å²) in [4.78, 5) is 19.3. The zero-order valence-electron chi connectivity index (χ0n) is 16.5. The third-order valence-corrected chi connectivity index (χ3v) is 4.53. The Morgan fingerprint density at radius 2 is 1.89 bits per heavy atom. The highest BCUT2D eigenvalue weighted by Gasteiger charge is 2.12. The number of piperazine rings is 1. The van der Waals surface area contributed by atoms with E-state index < -0.39 is 0 Å². The van der Waals surface area contributed by atoms with Crippen LogP contribution >= 0.6 is 0 Å². The molecular weight excluding hydrogens is 352 g/mol. The SMILES string of the molecule is CC(C)CN=C(C=CN)c1nn(-c2ccc(N3CCNCC3)cc2)ccc1=O. The molecule has 0 spiro atoms. The minimum atomic E-state index is -0.172. The number of allylic oxidation sites excluding steroid dienone is 1. The normalized spacial score (nSPS) is 15.5. The Hall–Kier alpha value is -2.93. The summed E-state index contributed by atoms with van der Waals surface area (Å²) in [5.41, 5.74) is 8.27. The maximum absolute atomic E-state index is 12.4. The van der Waals surface area contributed by atoms with Crippen molar-refractivity contribution in [2.45, 2.75) is 13.8 Å². The van der Waals surface area contributed by atoms with Crippen molar-refractivity contribution in [3.8, 4) is 5.69 Å². The van der Waals surface area contributed by atoms with Crippen LogP contribution in [0.25, 0.3) is 5.69 Å². The molecule has 28 heavy (non-hydrogen) atoms. The molecule has 2 heterocycles. The van der Waals surface area contributed by atoms with Crippen LogP contribution in [0.4, 0.5) is 5.69 Å². The topological polar surface area (TPSA) is 88.5 Å². The molecule has 3 N–H and O–H groups in total. The first-order valence-electron chi connectivity index (χ1n) is 9.67. The van der Waals surface area contributed by atoms with Gasteiger partial charge in [-0.3, -0.25) is 9.79 Å². The maximum atomic E-state index is 12.4. The third kappa shape index (κ3) is 4.86. The number of benzene rings is 1. The lowest BCUT2D eigenvalue weighted by atomic mass is 10.2. The van der Waals surface area contributed by atoms with Crippen LogP contribution in [-0.2, 0) is 0 Å². The number of nitrogens with one attached hydrogen (secondary N) is 1. The quantitative estimate of drug-likeness (QED) is 0.743. The van der Waals surface area contributed by atoms with Gasteiger partial charge in [0.25, 0.3) is 0 Å². The number of nitrogens with zero attached hydrogens (tertiary/aromatic N) is 4. The molecule has 3 rings (SSSR count). The molecule has 0 atom stereocenters. The summed E-state index contributed by atoms with van der Waals surface area (Å²) >= 11 is 0. The average molecular weight is 380 g/mol. The smallest absolute Gasteiger partial charge is 0.209 e. The van der Waals surface area contributed by atoms with E-state index in [1.54, 1.807) is 17.0 Å². The molecule has 0 bridgehead atoms. The summed E-state index contributed by atoms with van der Waals surface area (Å²) in [6.07, 6.45) is 4.70. The molecule has 0 saturated carbocycles. The van der Waals surface area contributed by atoms with Gasteiger partial charge in [-0.15, -0.1) is 0 Å². The molecule has 0 unspecified atom stereocenters. The van der Waals surface area contributed by atoms with E-state index in [-0.39, 0.29) is 5.43 Å². The zero-order valence-corrected chi connectivity index (χ0v) is 16.5. The van der Waals surface area contributed by atoms with Gasteiger partial charge in [0.2, 0.25) is 5.43 Å². The van der Waals surface area contributed by atoms with Gasteiger partial charge in [-0.25, -0.2) is 4.68 Å². The van der Waals surface area contributed by atoms with Gasteiger partial charge in [0, 0.05) is 50.7 Å². The molecule has 1 aliphatic rings. The van der Waals surface area contributed by atoms with E-state index in [0.29, 0.717) is 23.9 Å². The highest BCUT2D eigenvalue weighted by molar-refractivity contribution is 6.07. The van der Waals surface area contributed by atoms with E-state index in [2.05, 4.69) is 46.3 Å². The zero-order chi connectivity index (χ0) is 19.9. The molecule has 7 heteroatoms. The first kappa shape index (κ1) is 19.8. The second kappa shape index (κ2) is 9.32. The van der Waals surface area contributed by atoms with E-state index >= 15 is 0 Å². The predicted octanol–water partition coefficient (Wildman–Crippen LogP) is 1.56. The highest BCUT2D eigenvalue weighted by Crippen LogP contribution is 2.17. The van der Waals surface area contributed by atoms with Crippen molar-refractivity contribution < 1.29 is 0 Å². The van der Waals surface area contributed by atoms with Gasteiger partial charge in [-0.2, -0.15) is 5.10 Å². The Morgan fingerprint density at radius 1 is 1.21 bits per heavy atom. The average Bonchev–Trinajstić information content (AvgIpc) is 2.72. The minimum Gasteiger partial charge on any atom is -0.405 e. The van der Waals surface area contributed by atoms with Crippen molar-refractivity contribution in [3.05, 3.63) is 64.7 Å². The van der Waals surface area contributed by atoms with Crippen LogP contribution in [0.2, 0.25) is 0 Å². The van der Waals surface area contributed by atoms with Crippen molar-refractivity contribution in [1.82, 2.24) is 15.1 Å². The summed E-state index contributed by atoms with van der Waals surface area (Å²) in [5.74, 6) is 0.379. The van der Waals surface area contributed by atoms with Crippen LogP contribution in [0.3, 0.4) is 0 Å². The fraction of sp³-hybridized carbons (Fsp3) is 0.381. The van der Waals surface area contributed by atoms with Gasteiger partial charge in [0.15, 0.2) is 5.69 Å². The van der Waals surface area contributed by atoms with Gasteiger partial charge in [0.05, 0.1) is 11.4 Å². The monoisotopic (exact) mass is 380 g/mol. The second-order valence-corrected chi connectivity index (χ2v) is 7.21. The van der Waals surface area contributed by atoms with E-state index in [0.717, 1.165) is 31.9 Å².